The monoisotopic (exact) mass is 237 g/mol. The number of carboxylic acids is 1. The van der Waals surface area contributed by atoms with E-state index >= 15 is 0 Å². The average Bonchev–Trinajstić information content (AvgIpc) is 2.69. The van der Waals surface area contributed by atoms with Gasteiger partial charge < -0.3 is 14.9 Å². The van der Waals surface area contributed by atoms with Crippen molar-refractivity contribution < 1.29 is 19.7 Å². The highest BCUT2D eigenvalue weighted by Crippen LogP contribution is 2.14. The van der Waals surface area contributed by atoms with Gasteiger partial charge in [0.2, 0.25) is 0 Å². The van der Waals surface area contributed by atoms with Crippen LogP contribution in [0.25, 0.3) is 0 Å². The highest BCUT2D eigenvalue weighted by atomic mass is 16.5. The van der Waals surface area contributed by atoms with Crippen LogP contribution in [0.4, 0.5) is 0 Å². The molecule has 1 saturated heterocycles. The zero-order valence-corrected chi connectivity index (χ0v) is 9.24. The Kier molecular flexibility index (Phi) is 3.73. The minimum Gasteiger partial charge on any atom is -0.480 e. The second kappa shape index (κ2) is 5.27. The lowest BCUT2D eigenvalue weighted by Gasteiger charge is -2.16. The molecule has 1 aliphatic heterocycles. The van der Waals surface area contributed by atoms with Crippen molar-refractivity contribution in [1.82, 2.24) is 5.32 Å². The van der Waals surface area contributed by atoms with Crippen LogP contribution in [-0.4, -0.2) is 41.0 Å². The van der Waals surface area contributed by atoms with Crippen molar-refractivity contribution in [3.05, 3.63) is 35.9 Å². The van der Waals surface area contributed by atoms with Crippen molar-refractivity contribution in [3.63, 3.8) is 0 Å². The highest BCUT2D eigenvalue weighted by Gasteiger charge is 2.39. The largest absolute Gasteiger partial charge is 0.480 e. The summed E-state index contributed by atoms with van der Waals surface area (Å²) in [5, 5.41) is 21.3. The van der Waals surface area contributed by atoms with Gasteiger partial charge in [-0.05, 0) is 5.56 Å². The number of hydrogen-bond donors (Lipinski definition) is 3. The van der Waals surface area contributed by atoms with Crippen molar-refractivity contribution in [2.75, 3.05) is 6.54 Å². The quantitative estimate of drug-likeness (QED) is 0.686. The molecule has 0 saturated carbocycles. The fraction of sp³-hybridized carbons (Fsp3) is 0.417. The van der Waals surface area contributed by atoms with Gasteiger partial charge in [-0.1, -0.05) is 30.3 Å². The summed E-state index contributed by atoms with van der Waals surface area (Å²) < 4.78 is 5.51. The number of carboxylic acid groups (broad SMARTS) is 1. The Morgan fingerprint density at radius 2 is 2.12 bits per heavy atom. The van der Waals surface area contributed by atoms with E-state index in [0.29, 0.717) is 13.2 Å². The molecule has 0 unspecified atom stereocenters. The number of carbonyl (C=O) groups is 1. The summed E-state index contributed by atoms with van der Waals surface area (Å²) in [5.41, 5.74) is 0.999. The zero-order valence-electron chi connectivity index (χ0n) is 9.24. The Labute approximate surface area is 99.0 Å². The maximum Gasteiger partial charge on any atom is 0.323 e. The molecule has 0 aliphatic carbocycles. The normalized spacial score (nSPS) is 28.2. The molecule has 3 atom stereocenters. The summed E-state index contributed by atoms with van der Waals surface area (Å²) in [6.45, 7) is 0.724. The van der Waals surface area contributed by atoms with E-state index < -0.39 is 24.2 Å². The fourth-order valence-corrected chi connectivity index (χ4v) is 1.87. The van der Waals surface area contributed by atoms with Crippen molar-refractivity contribution in [1.29, 1.82) is 0 Å². The molecule has 1 aromatic rings. The minimum absolute atomic E-state index is 0.352. The lowest BCUT2D eigenvalue weighted by molar-refractivity contribution is -0.142. The van der Waals surface area contributed by atoms with E-state index in [4.69, 9.17) is 9.84 Å². The van der Waals surface area contributed by atoms with Gasteiger partial charge in [0.15, 0.2) is 0 Å². The summed E-state index contributed by atoms with van der Waals surface area (Å²) in [5.74, 6) is -1.05. The topological polar surface area (TPSA) is 78.8 Å². The predicted molar refractivity (Wildman–Crippen MR) is 60.5 cm³/mol. The summed E-state index contributed by atoms with van der Waals surface area (Å²) >= 11 is 0. The van der Waals surface area contributed by atoms with E-state index in [0.717, 1.165) is 5.56 Å². The number of hydrogen-bond acceptors (Lipinski definition) is 4. The standard InChI is InChI=1S/C12H15NO4/c14-11-9(6-13-10(11)12(15)16)17-7-8-4-2-1-3-5-8/h1-5,9-11,13-14H,6-7H2,(H,15,16)/t9-,10+,11-/m1/s1. The molecule has 2 rings (SSSR count). The molecule has 0 radical (unpaired) electrons. The van der Waals surface area contributed by atoms with Gasteiger partial charge in [0.1, 0.15) is 12.1 Å². The number of rotatable bonds is 4. The second-order valence-electron chi connectivity index (χ2n) is 4.05. The first-order valence-corrected chi connectivity index (χ1v) is 5.48. The zero-order chi connectivity index (χ0) is 12.3. The summed E-state index contributed by atoms with van der Waals surface area (Å²) in [6, 6.07) is 8.63. The maximum absolute atomic E-state index is 10.8. The Balaban J connectivity index is 1.87. The van der Waals surface area contributed by atoms with Crippen LogP contribution in [0.15, 0.2) is 30.3 Å². The van der Waals surface area contributed by atoms with Crippen molar-refractivity contribution in [2.24, 2.45) is 0 Å². The maximum atomic E-state index is 10.8. The number of ether oxygens (including phenoxy) is 1. The van der Waals surface area contributed by atoms with Crippen LogP contribution in [0.1, 0.15) is 5.56 Å². The molecule has 1 fully saturated rings. The van der Waals surface area contributed by atoms with Crippen LogP contribution in [0.3, 0.4) is 0 Å². The van der Waals surface area contributed by atoms with Crippen LogP contribution < -0.4 is 5.32 Å². The molecule has 5 heteroatoms. The van der Waals surface area contributed by atoms with Gasteiger partial charge in [-0.25, -0.2) is 0 Å². The molecule has 0 aromatic heterocycles. The molecule has 0 spiro atoms. The van der Waals surface area contributed by atoms with E-state index in [2.05, 4.69) is 5.32 Å². The van der Waals surface area contributed by atoms with E-state index in [-0.39, 0.29) is 0 Å². The molecule has 0 bridgehead atoms. The Morgan fingerprint density at radius 3 is 2.71 bits per heavy atom. The molecular formula is C12H15NO4. The summed E-state index contributed by atoms with van der Waals surface area (Å²) in [4.78, 5) is 10.8. The van der Waals surface area contributed by atoms with E-state index in [1.807, 2.05) is 30.3 Å². The number of benzene rings is 1. The van der Waals surface area contributed by atoms with Crippen LogP contribution >= 0.6 is 0 Å². The van der Waals surface area contributed by atoms with Crippen molar-refractivity contribution in [2.45, 2.75) is 24.9 Å². The number of nitrogens with one attached hydrogen (secondary N) is 1. The van der Waals surface area contributed by atoms with Crippen LogP contribution in [0.5, 0.6) is 0 Å². The summed E-state index contributed by atoms with van der Waals surface area (Å²) in [6.07, 6.45) is -1.48. The summed E-state index contributed by atoms with van der Waals surface area (Å²) in [7, 11) is 0. The molecule has 0 amide bonds. The first-order chi connectivity index (χ1) is 8.18. The van der Waals surface area contributed by atoms with Gasteiger partial charge in [0.25, 0.3) is 0 Å². The highest BCUT2D eigenvalue weighted by molar-refractivity contribution is 5.74. The van der Waals surface area contributed by atoms with Gasteiger partial charge in [-0.3, -0.25) is 10.1 Å². The third-order valence-corrected chi connectivity index (χ3v) is 2.83. The van der Waals surface area contributed by atoms with Crippen molar-refractivity contribution >= 4 is 5.97 Å². The van der Waals surface area contributed by atoms with E-state index in [9.17, 15) is 9.90 Å². The van der Waals surface area contributed by atoms with Gasteiger partial charge in [0.05, 0.1) is 12.7 Å². The van der Waals surface area contributed by atoms with E-state index in [1.165, 1.54) is 0 Å². The molecule has 5 nitrogen and oxygen atoms in total. The van der Waals surface area contributed by atoms with Crippen LogP contribution in [-0.2, 0) is 16.1 Å². The number of aliphatic carboxylic acids is 1. The third kappa shape index (κ3) is 2.82. The van der Waals surface area contributed by atoms with Crippen LogP contribution in [0, 0.1) is 0 Å². The Bertz CT molecular complexity index is 381. The average molecular weight is 237 g/mol. The fourth-order valence-electron chi connectivity index (χ4n) is 1.87. The van der Waals surface area contributed by atoms with Gasteiger partial charge in [-0.2, -0.15) is 0 Å². The Morgan fingerprint density at radius 1 is 1.41 bits per heavy atom. The molecule has 92 valence electrons. The SMILES string of the molecule is O=C(O)[C@H]1NC[C@@H](OCc2ccccc2)[C@H]1O. The first-order valence-electron chi connectivity index (χ1n) is 5.48. The van der Waals surface area contributed by atoms with Gasteiger partial charge >= 0.3 is 5.97 Å². The number of aliphatic hydroxyl groups excluding tert-OH is 1. The minimum atomic E-state index is -1.05. The van der Waals surface area contributed by atoms with E-state index in [1.54, 1.807) is 0 Å². The molecular weight excluding hydrogens is 222 g/mol. The lowest BCUT2D eigenvalue weighted by atomic mass is 10.1. The Hall–Kier alpha value is -1.43. The molecule has 3 N–H and O–H groups in total. The second-order valence-corrected chi connectivity index (χ2v) is 4.05. The van der Waals surface area contributed by atoms with Crippen molar-refractivity contribution in [3.8, 4) is 0 Å². The first kappa shape index (κ1) is 12.0. The number of aliphatic hydroxyl groups is 1. The third-order valence-electron chi connectivity index (χ3n) is 2.83. The lowest BCUT2D eigenvalue weighted by Crippen LogP contribution is -2.40. The smallest absolute Gasteiger partial charge is 0.323 e. The predicted octanol–water partition coefficient (Wildman–Crippen LogP) is -0.0109. The van der Waals surface area contributed by atoms with Crippen LogP contribution in [0.2, 0.25) is 0 Å². The molecule has 1 heterocycles. The van der Waals surface area contributed by atoms with Gasteiger partial charge in [-0.15, -0.1) is 0 Å². The van der Waals surface area contributed by atoms with Gasteiger partial charge in [0, 0.05) is 6.54 Å². The molecule has 17 heavy (non-hydrogen) atoms. The molecule has 1 aromatic carbocycles. The molecule has 1 aliphatic rings.